The summed E-state index contributed by atoms with van der Waals surface area (Å²) in [7, 11) is 1.51. The van der Waals surface area contributed by atoms with E-state index in [1.165, 1.54) is 37.6 Å². The van der Waals surface area contributed by atoms with E-state index in [1.54, 1.807) is 24.3 Å². The summed E-state index contributed by atoms with van der Waals surface area (Å²) >= 11 is 3.36. The summed E-state index contributed by atoms with van der Waals surface area (Å²) in [5, 5.41) is 11.4. The Kier molecular flexibility index (Phi) is 6.36. The number of nitro benzene ring substituents is 1. The van der Waals surface area contributed by atoms with Crippen molar-refractivity contribution in [2.45, 2.75) is 0 Å². The van der Waals surface area contributed by atoms with E-state index < -0.39 is 10.9 Å². The van der Waals surface area contributed by atoms with Crippen molar-refractivity contribution in [1.82, 2.24) is 0 Å². The molecule has 0 aliphatic carbocycles. The van der Waals surface area contributed by atoms with Crippen molar-refractivity contribution in [3.8, 4) is 11.5 Å². The van der Waals surface area contributed by atoms with Gasteiger partial charge in [0.2, 0.25) is 5.75 Å². The molecule has 0 heterocycles. The van der Waals surface area contributed by atoms with Gasteiger partial charge in [-0.05, 0) is 60.2 Å². The van der Waals surface area contributed by atoms with Crippen molar-refractivity contribution in [2.75, 3.05) is 7.11 Å². The molecule has 0 aromatic heterocycles. The van der Waals surface area contributed by atoms with Crippen LogP contribution in [0.15, 0.2) is 76.2 Å². The van der Waals surface area contributed by atoms with Gasteiger partial charge < -0.3 is 9.47 Å². The number of carbonyl (C=O) groups is 1. The van der Waals surface area contributed by atoms with Crippen LogP contribution in [0.2, 0.25) is 0 Å². The number of rotatable bonds is 6. The third-order valence-corrected chi connectivity index (χ3v) is 4.37. The maximum Gasteiger partial charge on any atom is 0.343 e. The van der Waals surface area contributed by atoms with Crippen molar-refractivity contribution in [3.63, 3.8) is 0 Å². The Balaban J connectivity index is 1.82. The normalized spacial score (nSPS) is 10.7. The third-order valence-electron chi connectivity index (χ3n) is 3.88. The van der Waals surface area contributed by atoms with E-state index in [2.05, 4.69) is 20.9 Å². The minimum absolute atomic E-state index is 0.143. The molecule has 29 heavy (non-hydrogen) atoms. The number of esters is 1. The van der Waals surface area contributed by atoms with Crippen LogP contribution >= 0.6 is 15.9 Å². The summed E-state index contributed by atoms with van der Waals surface area (Å²) in [5.41, 5.74) is 1.11. The van der Waals surface area contributed by atoms with E-state index in [0.29, 0.717) is 17.0 Å². The molecule has 3 aromatic rings. The maximum absolute atomic E-state index is 12.3. The molecule has 0 saturated heterocycles. The van der Waals surface area contributed by atoms with Gasteiger partial charge in [0.15, 0.2) is 0 Å². The van der Waals surface area contributed by atoms with Crippen LogP contribution in [-0.2, 0) is 0 Å². The molecule has 0 unspecified atom stereocenters. The van der Waals surface area contributed by atoms with Crippen molar-refractivity contribution < 1.29 is 19.2 Å². The monoisotopic (exact) mass is 454 g/mol. The van der Waals surface area contributed by atoms with E-state index in [9.17, 15) is 14.9 Å². The van der Waals surface area contributed by atoms with Crippen molar-refractivity contribution >= 4 is 39.5 Å². The SMILES string of the molecule is COc1ccc(C(=O)Oc2ccc(C=Nc3cccc(Br)c3)cc2[N+](=O)[O-])cc1. The highest BCUT2D eigenvalue weighted by atomic mass is 79.9. The smallest absolute Gasteiger partial charge is 0.343 e. The second kappa shape index (κ2) is 9.11. The van der Waals surface area contributed by atoms with Gasteiger partial charge in [-0.3, -0.25) is 15.1 Å². The average molecular weight is 455 g/mol. The summed E-state index contributed by atoms with van der Waals surface area (Å²) < 4.78 is 11.1. The molecule has 3 rings (SSSR count). The number of carbonyl (C=O) groups excluding carboxylic acids is 1. The highest BCUT2D eigenvalue weighted by Gasteiger charge is 2.19. The first-order chi connectivity index (χ1) is 14.0. The van der Waals surface area contributed by atoms with Crippen LogP contribution in [0.1, 0.15) is 15.9 Å². The summed E-state index contributed by atoms with van der Waals surface area (Å²) in [6.07, 6.45) is 1.50. The minimum atomic E-state index is -0.702. The Bertz CT molecular complexity index is 1080. The Morgan fingerprint density at radius 1 is 1.10 bits per heavy atom. The Hall–Kier alpha value is -3.52. The van der Waals surface area contributed by atoms with Gasteiger partial charge in [0, 0.05) is 16.8 Å². The van der Waals surface area contributed by atoms with Crippen LogP contribution in [0.25, 0.3) is 0 Å². The Morgan fingerprint density at radius 3 is 2.52 bits per heavy atom. The fraction of sp³-hybridized carbons (Fsp3) is 0.0476. The topological polar surface area (TPSA) is 91.0 Å². The molecule has 0 saturated carbocycles. The molecule has 0 aliphatic heterocycles. The zero-order chi connectivity index (χ0) is 20.8. The van der Waals surface area contributed by atoms with E-state index in [4.69, 9.17) is 9.47 Å². The van der Waals surface area contributed by atoms with Gasteiger partial charge in [-0.2, -0.15) is 0 Å². The lowest BCUT2D eigenvalue weighted by atomic mass is 10.2. The molecule has 0 amide bonds. The third kappa shape index (κ3) is 5.26. The standard InChI is InChI=1S/C21H15BrN2O5/c1-28-18-8-6-15(7-9-18)21(25)29-20-10-5-14(11-19(20)24(26)27)13-23-17-4-2-3-16(22)12-17/h2-13H,1H3. The molecule has 0 radical (unpaired) electrons. The first-order valence-electron chi connectivity index (χ1n) is 8.40. The van der Waals surface area contributed by atoms with E-state index in [-0.39, 0.29) is 17.0 Å². The number of aliphatic imine (C=N–C) groups is 1. The van der Waals surface area contributed by atoms with Gasteiger partial charge in [-0.15, -0.1) is 0 Å². The molecule has 0 spiro atoms. The summed E-state index contributed by atoms with van der Waals surface area (Å²) in [4.78, 5) is 27.4. The zero-order valence-corrected chi connectivity index (χ0v) is 16.8. The van der Waals surface area contributed by atoms with Crippen molar-refractivity contribution in [1.29, 1.82) is 0 Å². The number of halogens is 1. The average Bonchev–Trinajstić information content (AvgIpc) is 2.73. The lowest BCUT2D eigenvalue weighted by Gasteiger charge is -2.06. The number of ether oxygens (including phenoxy) is 2. The van der Waals surface area contributed by atoms with Crippen LogP contribution in [-0.4, -0.2) is 24.2 Å². The molecule has 0 atom stereocenters. The van der Waals surface area contributed by atoms with Gasteiger partial charge in [0.25, 0.3) is 0 Å². The lowest BCUT2D eigenvalue weighted by molar-refractivity contribution is -0.385. The van der Waals surface area contributed by atoms with Crippen LogP contribution in [0.3, 0.4) is 0 Å². The number of benzene rings is 3. The van der Waals surface area contributed by atoms with Gasteiger partial charge in [0.05, 0.1) is 23.3 Å². The van der Waals surface area contributed by atoms with Gasteiger partial charge in [-0.1, -0.05) is 22.0 Å². The van der Waals surface area contributed by atoms with Crippen LogP contribution in [0, 0.1) is 10.1 Å². The Morgan fingerprint density at radius 2 is 1.86 bits per heavy atom. The maximum atomic E-state index is 12.3. The van der Waals surface area contributed by atoms with Gasteiger partial charge >= 0.3 is 11.7 Å². The molecule has 0 N–H and O–H groups in total. The fourth-order valence-corrected chi connectivity index (χ4v) is 2.82. The van der Waals surface area contributed by atoms with E-state index in [0.717, 1.165) is 4.47 Å². The van der Waals surface area contributed by atoms with Crippen LogP contribution in [0.5, 0.6) is 11.5 Å². The number of nitro groups is 1. The predicted octanol–water partition coefficient (Wildman–Crippen LogP) is 5.34. The van der Waals surface area contributed by atoms with E-state index in [1.807, 2.05) is 18.2 Å². The second-order valence-electron chi connectivity index (χ2n) is 5.84. The van der Waals surface area contributed by atoms with E-state index >= 15 is 0 Å². The largest absolute Gasteiger partial charge is 0.497 e. The molecule has 0 fully saturated rings. The highest BCUT2D eigenvalue weighted by molar-refractivity contribution is 9.10. The Labute approximate surface area is 174 Å². The van der Waals surface area contributed by atoms with Crippen molar-refractivity contribution in [2.24, 2.45) is 4.99 Å². The first kappa shape index (κ1) is 20.2. The molecular formula is C21H15BrN2O5. The summed E-state index contributed by atoms with van der Waals surface area (Å²) in [6.45, 7) is 0. The second-order valence-corrected chi connectivity index (χ2v) is 6.76. The number of hydrogen-bond acceptors (Lipinski definition) is 6. The molecule has 0 aliphatic rings. The lowest BCUT2D eigenvalue weighted by Crippen LogP contribution is -2.10. The fourth-order valence-electron chi connectivity index (χ4n) is 2.44. The van der Waals surface area contributed by atoms with Gasteiger partial charge in [-0.25, -0.2) is 4.79 Å². The molecule has 7 nitrogen and oxygen atoms in total. The van der Waals surface area contributed by atoms with Crippen molar-refractivity contribution in [3.05, 3.63) is 92.4 Å². The molecule has 146 valence electrons. The predicted molar refractivity (Wildman–Crippen MR) is 112 cm³/mol. The minimum Gasteiger partial charge on any atom is -0.497 e. The highest BCUT2D eigenvalue weighted by Crippen LogP contribution is 2.29. The van der Waals surface area contributed by atoms with Gasteiger partial charge in [0.1, 0.15) is 5.75 Å². The zero-order valence-electron chi connectivity index (χ0n) is 15.2. The number of hydrogen-bond donors (Lipinski definition) is 0. The molecule has 3 aromatic carbocycles. The summed E-state index contributed by atoms with van der Waals surface area (Å²) in [6, 6.07) is 17.8. The molecule has 0 bridgehead atoms. The first-order valence-corrected chi connectivity index (χ1v) is 9.20. The molecule has 8 heteroatoms. The quantitative estimate of drug-likeness (QED) is 0.165. The summed E-state index contributed by atoms with van der Waals surface area (Å²) in [5.74, 6) is -0.261. The van der Waals surface area contributed by atoms with Crippen LogP contribution < -0.4 is 9.47 Å². The molecular weight excluding hydrogens is 440 g/mol. The van der Waals surface area contributed by atoms with Crippen LogP contribution in [0.4, 0.5) is 11.4 Å². The number of nitrogens with zero attached hydrogens (tertiary/aromatic N) is 2. The number of methoxy groups -OCH3 is 1.